The van der Waals surface area contributed by atoms with Crippen molar-refractivity contribution < 1.29 is 9.72 Å². The first-order valence-corrected chi connectivity index (χ1v) is 11.5. The summed E-state index contributed by atoms with van der Waals surface area (Å²) in [5.74, 6) is -0.438. The van der Waals surface area contributed by atoms with Crippen molar-refractivity contribution in [2.45, 2.75) is 46.0 Å². The van der Waals surface area contributed by atoms with E-state index in [2.05, 4.69) is 21.2 Å². The number of hydrogen-bond donors (Lipinski definition) is 1. The van der Waals surface area contributed by atoms with Gasteiger partial charge in [-0.25, -0.2) is 5.43 Å². The maximum absolute atomic E-state index is 12.3. The number of hydrazone groups is 1. The van der Waals surface area contributed by atoms with Crippen molar-refractivity contribution in [2.24, 2.45) is 5.10 Å². The number of benzene rings is 1. The summed E-state index contributed by atoms with van der Waals surface area (Å²) in [6.07, 6.45) is 5.67. The molecule has 2 heterocycles. The van der Waals surface area contributed by atoms with Gasteiger partial charge in [0.15, 0.2) is 0 Å². The number of nitro groups is 1. The molecular weight excluding hydrogens is 438 g/mol. The molecule has 3 aromatic rings. The van der Waals surface area contributed by atoms with Crippen LogP contribution in [0.3, 0.4) is 0 Å². The van der Waals surface area contributed by atoms with E-state index in [9.17, 15) is 20.2 Å². The molecule has 1 aliphatic rings. The van der Waals surface area contributed by atoms with Gasteiger partial charge in [-0.15, -0.1) is 11.3 Å². The van der Waals surface area contributed by atoms with E-state index in [0.29, 0.717) is 5.56 Å². The van der Waals surface area contributed by atoms with Gasteiger partial charge in [0.2, 0.25) is 5.91 Å². The van der Waals surface area contributed by atoms with Crippen LogP contribution >= 0.6 is 11.3 Å². The number of nitro benzene ring substituents is 1. The van der Waals surface area contributed by atoms with Crippen molar-refractivity contribution in [3.05, 3.63) is 79.0 Å². The molecule has 9 heteroatoms. The maximum Gasteiger partial charge on any atom is 0.273 e. The molecule has 1 aliphatic carbocycles. The fraction of sp³-hybridized carbons (Fsp3) is 0.292. The van der Waals surface area contributed by atoms with E-state index in [1.807, 2.05) is 19.9 Å². The zero-order valence-corrected chi connectivity index (χ0v) is 19.2. The average Bonchev–Trinajstić information content (AvgIpc) is 3.29. The second-order valence-corrected chi connectivity index (χ2v) is 9.10. The monoisotopic (exact) mass is 461 g/mol. The van der Waals surface area contributed by atoms with E-state index < -0.39 is 10.8 Å². The average molecular weight is 462 g/mol. The molecule has 0 spiro atoms. The summed E-state index contributed by atoms with van der Waals surface area (Å²) in [6, 6.07) is 10.5. The van der Waals surface area contributed by atoms with Gasteiger partial charge < -0.3 is 4.57 Å². The largest absolute Gasteiger partial charge is 0.308 e. The SMILES string of the molecule is Cc1cc(C=NNC(=O)Cc2ccccc2[N+](=O)[O-])c(C)n1-c1sc2c(c1C#N)CCCC2. The van der Waals surface area contributed by atoms with E-state index >= 15 is 0 Å². The van der Waals surface area contributed by atoms with Gasteiger partial charge in [0.05, 0.1) is 23.1 Å². The van der Waals surface area contributed by atoms with E-state index in [0.717, 1.165) is 53.2 Å². The normalized spacial score (nSPS) is 13.0. The highest BCUT2D eigenvalue weighted by molar-refractivity contribution is 7.15. The first-order valence-electron chi connectivity index (χ1n) is 10.7. The number of nitriles is 1. The lowest BCUT2D eigenvalue weighted by Gasteiger charge is -2.10. The van der Waals surface area contributed by atoms with Crippen LogP contribution in [0.4, 0.5) is 5.69 Å². The number of amides is 1. The molecular formula is C24H23N5O3S. The third-order valence-corrected chi connectivity index (χ3v) is 7.15. The van der Waals surface area contributed by atoms with Crippen molar-refractivity contribution in [1.29, 1.82) is 5.26 Å². The fourth-order valence-corrected chi connectivity index (χ4v) is 5.73. The lowest BCUT2D eigenvalue weighted by Crippen LogP contribution is -2.20. The van der Waals surface area contributed by atoms with Crippen LogP contribution in [-0.2, 0) is 24.1 Å². The molecule has 1 amide bonds. The van der Waals surface area contributed by atoms with Crippen LogP contribution in [0.25, 0.3) is 5.00 Å². The highest BCUT2D eigenvalue weighted by Crippen LogP contribution is 2.38. The predicted octanol–water partition coefficient (Wildman–Crippen LogP) is 4.51. The lowest BCUT2D eigenvalue weighted by atomic mass is 9.96. The van der Waals surface area contributed by atoms with E-state index in [4.69, 9.17) is 0 Å². The smallest absolute Gasteiger partial charge is 0.273 e. The first kappa shape index (κ1) is 22.4. The zero-order valence-electron chi connectivity index (χ0n) is 18.4. The van der Waals surface area contributed by atoms with Crippen molar-refractivity contribution in [3.63, 3.8) is 0 Å². The molecule has 1 aromatic carbocycles. The minimum Gasteiger partial charge on any atom is -0.308 e. The maximum atomic E-state index is 12.3. The van der Waals surface area contributed by atoms with Gasteiger partial charge in [0, 0.05) is 33.5 Å². The van der Waals surface area contributed by atoms with Crippen molar-refractivity contribution >= 4 is 29.1 Å². The number of fused-ring (bicyclic) bond motifs is 1. The lowest BCUT2D eigenvalue weighted by molar-refractivity contribution is -0.385. The number of carbonyl (C=O) groups excluding carboxylic acids is 1. The summed E-state index contributed by atoms with van der Waals surface area (Å²) in [4.78, 5) is 24.2. The number of rotatable bonds is 6. The second-order valence-electron chi connectivity index (χ2n) is 8.02. The van der Waals surface area contributed by atoms with Crippen molar-refractivity contribution in [3.8, 4) is 11.1 Å². The minimum atomic E-state index is -0.501. The van der Waals surface area contributed by atoms with E-state index in [1.54, 1.807) is 35.8 Å². The number of aryl methyl sites for hydroxylation is 2. The van der Waals surface area contributed by atoms with Gasteiger partial charge in [-0.3, -0.25) is 14.9 Å². The molecule has 33 heavy (non-hydrogen) atoms. The summed E-state index contributed by atoms with van der Waals surface area (Å²) in [6.45, 7) is 3.95. The highest BCUT2D eigenvalue weighted by Gasteiger charge is 2.23. The number of para-hydroxylation sites is 1. The van der Waals surface area contributed by atoms with E-state index in [-0.39, 0.29) is 12.1 Å². The molecule has 0 fully saturated rings. The van der Waals surface area contributed by atoms with Crippen LogP contribution in [0.2, 0.25) is 0 Å². The fourth-order valence-electron chi connectivity index (χ4n) is 4.28. The van der Waals surface area contributed by atoms with Crippen molar-refractivity contribution in [1.82, 2.24) is 9.99 Å². The zero-order chi connectivity index (χ0) is 23.5. The summed E-state index contributed by atoms with van der Waals surface area (Å²) < 4.78 is 2.08. The summed E-state index contributed by atoms with van der Waals surface area (Å²) >= 11 is 1.69. The Bertz CT molecular complexity index is 1310. The molecule has 0 bridgehead atoms. The molecule has 168 valence electrons. The van der Waals surface area contributed by atoms with Gasteiger partial charge in [-0.1, -0.05) is 18.2 Å². The van der Waals surface area contributed by atoms with Gasteiger partial charge >= 0.3 is 0 Å². The molecule has 0 aliphatic heterocycles. The molecule has 2 aromatic heterocycles. The van der Waals surface area contributed by atoms with Crippen LogP contribution < -0.4 is 5.43 Å². The quantitative estimate of drug-likeness (QED) is 0.330. The molecule has 0 saturated heterocycles. The third-order valence-electron chi connectivity index (χ3n) is 5.87. The van der Waals surface area contributed by atoms with E-state index in [1.165, 1.54) is 16.5 Å². The molecule has 8 nitrogen and oxygen atoms in total. The Morgan fingerprint density at radius 2 is 2.09 bits per heavy atom. The van der Waals surface area contributed by atoms with Gasteiger partial charge in [-0.05, 0) is 51.2 Å². The summed E-state index contributed by atoms with van der Waals surface area (Å²) in [5.41, 5.74) is 7.38. The Morgan fingerprint density at radius 1 is 1.33 bits per heavy atom. The Labute approximate surface area is 195 Å². The number of hydrogen-bond acceptors (Lipinski definition) is 6. The van der Waals surface area contributed by atoms with Crippen LogP contribution in [0.15, 0.2) is 35.4 Å². The molecule has 0 unspecified atom stereocenters. The Balaban J connectivity index is 1.53. The predicted molar refractivity (Wildman–Crippen MR) is 127 cm³/mol. The number of aromatic nitrogens is 1. The third kappa shape index (κ3) is 4.43. The molecule has 4 rings (SSSR count). The first-order chi connectivity index (χ1) is 15.9. The number of nitrogens with one attached hydrogen (secondary N) is 1. The van der Waals surface area contributed by atoms with Crippen LogP contribution in [0.5, 0.6) is 0 Å². The number of carbonyl (C=O) groups is 1. The van der Waals surface area contributed by atoms with Crippen LogP contribution in [0, 0.1) is 35.3 Å². The van der Waals surface area contributed by atoms with Crippen molar-refractivity contribution in [2.75, 3.05) is 0 Å². The Kier molecular flexibility index (Phi) is 6.38. The summed E-state index contributed by atoms with van der Waals surface area (Å²) in [7, 11) is 0. The van der Waals surface area contributed by atoms with Gasteiger partial charge in [-0.2, -0.15) is 10.4 Å². The molecule has 0 saturated carbocycles. The second kappa shape index (κ2) is 9.38. The van der Waals surface area contributed by atoms with Gasteiger partial charge in [0.1, 0.15) is 11.1 Å². The number of nitrogens with zero attached hydrogens (tertiary/aromatic N) is 4. The topological polar surface area (TPSA) is 113 Å². The molecule has 0 radical (unpaired) electrons. The highest BCUT2D eigenvalue weighted by atomic mass is 32.1. The molecule has 0 atom stereocenters. The Hall–Kier alpha value is -3.77. The summed E-state index contributed by atoms with van der Waals surface area (Å²) in [5, 5.41) is 25.9. The Morgan fingerprint density at radius 3 is 2.85 bits per heavy atom. The standard InChI is InChI=1S/C24H23N5O3S/c1-15-11-18(14-26-27-23(30)12-17-7-3-5-9-21(17)29(31)32)16(2)28(15)24-20(13-25)19-8-4-6-10-22(19)33-24/h3,5,7,9,11,14H,4,6,8,10,12H2,1-2H3,(H,27,30). The molecule has 1 N–H and O–H groups in total. The number of thiophene rings is 1. The van der Waals surface area contributed by atoms with Gasteiger partial charge in [0.25, 0.3) is 5.69 Å². The minimum absolute atomic E-state index is 0.0906. The van der Waals surface area contributed by atoms with Crippen LogP contribution in [-0.4, -0.2) is 21.6 Å². The van der Waals surface area contributed by atoms with Crippen LogP contribution in [0.1, 0.15) is 51.4 Å².